The first-order valence-corrected chi connectivity index (χ1v) is 8.36. The van der Waals surface area contributed by atoms with Gasteiger partial charge in [-0.2, -0.15) is 0 Å². The van der Waals surface area contributed by atoms with Crippen LogP contribution in [0.3, 0.4) is 0 Å². The van der Waals surface area contributed by atoms with Gasteiger partial charge in [0.1, 0.15) is 0 Å². The van der Waals surface area contributed by atoms with Crippen molar-refractivity contribution in [3.05, 3.63) is 0 Å². The van der Waals surface area contributed by atoms with E-state index in [1.807, 2.05) is 0 Å². The summed E-state index contributed by atoms with van der Waals surface area (Å²) in [6, 6.07) is 0. The van der Waals surface area contributed by atoms with Crippen molar-refractivity contribution in [2.45, 2.75) is 57.4 Å². The largest absolute Gasteiger partial charge is 2.00 e. The summed E-state index contributed by atoms with van der Waals surface area (Å²) in [5.74, 6) is 2.78. The van der Waals surface area contributed by atoms with Crippen molar-refractivity contribution in [2.75, 3.05) is 0 Å². The average molecular weight is 225 g/mol. The van der Waals surface area contributed by atoms with Crippen LogP contribution in [0.25, 0.3) is 0 Å². The summed E-state index contributed by atoms with van der Waals surface area (Å²) >= 11 is -0.407. The van der Waals surface area contributed by atoms with Gasteiger partial charge in [-0.05, 0) is 0 Å². The average Bonchev–Trinajstić information content (AvgIpc) is 1.80. The van der Waals surface area contributed by atoms with E-state index in [4.69, 9.17) is 0 Å². The number of hydrogen-bond acceptors (Lipinski definition) is 0. The minimum Gasteiger partial charge on any atom is -1.00 e. The molecule has 0 aromatic carbocycles. The van der Waals surface area contributed by atoms with Crippen LogP contribution < -0.4 is 0 Å². The maximum Gasteiger partial charge on any atom is 2.00 e. The number of rotatable bonds is 6. The fraction of sp³-hybridized carbons (Fsp3) is 1.00. The molecular weight excluding hydrogens is 195 g/mol. The fourth-order valence-electron chi connectivity index (χ4n) is 2.29. The third kappa shape index (κ3) is 11.4. The minimum atomic E-state index is -0.407. The van der Waals surface area contributed by atoms with Crippen LogP contribution >= 0.6 is 0 Å². The topological polar surface area (TPSA) is 0 Å². The normalized spacial score (nSPS) is 10.9. The maximum atomic E-state index is 2.38. The Hall–Kier alpha value is 1.30. The van der Waals surface area contributed by atoms with Crippen LogP contribution in [-0.4, -0.2) is 37.2 Å². The standard InChI is InChI=1S/3C4H9.Al.Mg.2H/c3*1-4(2)3;;;;/h3*4H,1H2,2-3H3;;;;/q;;;;+2;2*-1. The Balaban J connectivity index is -0.000000240. The van der Waals surface area contributed by atoms with E-state index in [2.05, 4.69) is 41.5 Å². The molecule has 0 fully saturated rings. The Morgan fingerprint density at radius 1 is 0.714 bits per heavy atom. The zero-order valence-electron chi connectivity index (χ0n) is 13.1. The molecule has 0 saturated heterocycles. The number of hydrogen-bond donors (Lipinski definition) is 0. The first-order valence-electron chi connectivity index (χ1n) is 5.91. The summed E-state index contributed by atoms with van der Waals surface area (Å²) < 4.78 is 0. The zero-order chi connectivity index (χ0) is 10.4. The molecule has 0 unspecified atom stereocenters. The van der Waals surface area contributed by atoms with Gasteiger partial charge in [0.25, 0.3) is 14.1 Å². The van der Waals surface area contributed by atoms with Crippen LogP contribution in [0.5, 0.6) is 0 Å². The molecule has 0 bridgehead atoms. The van der Waals surface area contributed by atoms with Crippen molar-refractivity contribution < 1.29 is 2.85 Å². The van der Waals surface area contributed by atoms with Gasteiger partial charge in [-0.25, -0.2) is 0 Å². The molecule has 0 aromatic heterocycles. The van der Waals surface area contributed by atoms with Gasteiger partial charge in [-0.1, -0.05) is 75.1 Å². The van der Waals surface area contributed by atoms with E-state index in [1.54, 1.807) is 15.8 Å². The van der Waals surface area contributed by atoms with Gasteiger partial charge in [-0.3, -0.25) is 0 Å². The third-order valence-corrected chi connectivity index (χ3v) is 7.24. The van der Waals surface area contributed by atoms with E-state index in [0.717, 1.165) is 17.8 Å². The molecule has 82 valence electrons. The van der Waals surface area contributed by atoms with Gasteiger partial charge in [0.05, 0.1) is 0 Å². The van der Waals surface area contributed by atoms with Gasteiger partial charge < -0.3 is 2.85 Å². The predicted molar refractivity (Wildman–Crippen MR) is 72.7 cm³/mol. The van der Waals surface area contributed by atoms with Crippen LogP contribution in [0.15, 0.2) is 0 Å². The van der Waals surface area contributed by atoms with Gasteiger partial charge in [0, 0.05) is 0 Å². The van der Waals surface area contributed by atoms with Gasteiger partial charge in [0.15, 0.2) is 0 Å². The quantitative estimate of drug-likeness (QED) is 0.591. The molecule has 0 aliphatic carbocycles. The molecule has 0 heterocycles. The molecule has 0 aliphatic heterocycles. The Morgan fingerprint density at radius 3 is 1.07 bits per heavy atom. The van der Waals surface area contributed by atoms with Crippen LogP contribution in [0, 0.1) is 17.8 Å². The summed E-state index contributed by atoms with van der Waals surface area (Å²) in [4.78, 5) is 0. The van der Waals surface area contributed by atoms with Gasteiger partial charge >= 0.3 is 23.1 Å². The second kappa shape index (κ2) is 9.52. The predicted octanol–water partition coefficient (Wildman–Crippen LogP) is 4.29. The van der Waals surface area contributed by atoms with E-state index >= 15 is 0 Å². The first kappa shape index (κ1) is 17.7. The van der Waals surface area contributed by atoms with E-state index in [1.165, 1.54) is 0 Å². The van der Waals surface area contributed by atoms with Crippen LogP contribution in [-0.2, 0) is 0 Å². The van der Waals surface area contributed by atoms with Crippen molar-refractivity contribution in [1.82, 2.24) is 0 Å². The summed E-state index contributed by atoms with van der Waals surface area (Å²) in [5, 5.41) is 4.66. The van der Waals surface area contributed by atoms with Crippen molar-refractivity contribution in [2.24, 2.45) is 17.8 Å². The second-order valence-electron chi connectivity index (χ2n) is 5.75. The SMILES string of the molecule is CC(C)[CH2][Al]([CH2]C(C)C)[CH2]C(C)C.[H-].[H-].[Mg+2]. The monoisotopic (exact) mass is 224 g/mol. The van der Waals surface area contributed by atoms with Gasteiger partial charge in [0.2, 0.25) is 0 Å². The molecule has 0 spiro atoms. The van der Waals surface area contributed by atoms with Crippen molar-refractivity contribution in [1.29, 1.82) is 0 Å². The van der Waals surface area contributed by atoms with Gasteiger partial charge in [-0.15, -0.1) is 0 Å². The molecule has 0 aromatic rings. The fourth-order valence-corrected chi connectivity index (χ4v) is 6.87. The van der Waals surface area contributed by atoms with Crippen LogP contribution in [0.4, 0.5) is 0 Å². The third-order valence-electron chi connectivity index (χ3n) is 2.41. The van der Waals surface area contributed by atoms with Crippen LogP contribution in [0.2, 0.25) is 15.8 Å². The molecule has 0 nitrogen and oxygen atoms in total. The Bertz CT molecular complexity index is 106. The Kier molecular flexibility index (Phi) is 12.0. The zero-order valence-corrected chi connectivity index (χ0v) is 13.7. The summed E-state index contributed by atoms with van der Waals surface area (Å²) in [7, 11) is 0. The Labute approximate surface area is 115 Å². The van der Waals surface area contributed by atoms with E-state index < -0.39 is 14.1 Å². The van der Waals surface area contributed by atoms with Crippen LogP contribution in [0.1, 0.15) is 44.4 Å². The summed E-state index contributed by atoms with van der Waals surface area (Å²) in [5.41, 5.74) is 0. The molecule has 2 heteroatoms. The van der Waals surface area contributed by atoms with Crippen molar-refractivity contribution >= 4 is 37.2 Å². The molecule has 14 heavy (non-hydrogen) atoms. The summed E-state index contributed by atoms with van der Waals surface area (Å²) in [6.07, 6.45) is 0. The smallest absolute Gasteiger partial charge is 1.00 e. The Morgan fingerprint density at radius 2 is 0.929 bits per heavy atom. The maximum absolute atomic E-state index is 2.38. The molecular formula is C12H29AlMg. The summed E-state index contributed by atoms with van der Waals surface area (Å²) in [6.45, 7) is 14.3. The first-order chi connectivity index (χ1) is 5.91. The minimum absolute atomic E-state index is 0. The van der Waals surface area contributed by atoms with Crippen molar-refractivity contribution in [3.63, 3.8) is 0 Å². The molecule has 0 saturated carbocycles. The molecule has 0 atom stereocenters. The second-order valence-corrected chi connectivity index (χ2v) is 8.90. The van der Waals surface area contributed by atoms with E-state index in [-0.39, 0.29) is 25.9 Å². The van der Waals surface area contributed by atoms with E-state index in [9.17, 15) is 0 Å². The molecule has 0 radical (unpaired) electrons. The van der Waals surface area contributed by atoms with Crippen molar-refractivity contribution in [3.8, 4) is 0 Å². The molecule has 0 amide bonds. The van der Waals surface area contributed by atoms with E-state index in [0.29, 0.717) is 0 Å². The molecule has 0 rings (SSSR count). The molecule has 0 aliphatic rings. The molecule has 0 N–H and O–H groups in total.